The van der Waals surface area contributed by atoms with Crippen molar-refractivity contribution in [1.82, 2.24) is 5.32 Å². The van der Waals surface area contributed by atoms with Gasteiger partial charge in [-0.3, -0.25) is 9.59 Å². The number of amides is 1. The lowest BCUT2D eigenvalue weighted by atomic mass is 9.94. The van der Waals surface area contributed by atoms with Gasteiger partial charge in [-0.05, 0) is 25.0 Å². The maximum absolute atomic E-state index is 12.3. The van der Waals surface area contributed by atoms with Gasteiger partial charge in [0.15, 0.2) is 11.5 Å². The summed E-state index contributed by atoms with van der Waals surface area (Å²) in [5.74, 6) is 1.25. The number of nitrogens with one attached hydrogen (secondary N) is 1. The average Bonchev–Trinajstić information content (AvgIpc) is 2.49. The molecule has 106 valence electrons. The predicted octanol–water partition coefficient (Wildman–Crippen LogP) is 1.70. The molecule has 1 amide bonds. The molecule has 1 aliphatic carbocycles. The molecule has 1 saturated carbocycles. The molecule has 0 spiro atoms. The predicted molar refractivity (Wildman–Crippen MR) is 72.2 cm³/mol. The number of rotatable bonds is 2. The number of carbonyl (C=O) groups is 2. The number of ether oxygens (including phenoxy) is 2. The molecule has 3 rings (SSSR count). The second-order valence-electron chi connectivity index (χ2n) is 5.12. The monoisotopic (exact) mass is 275 g/mol. The summed E-state index contributed by atoms with van der Waals surface area (Å²) in [5.41, 5.74) is 0.499. The van der Waals surface area contributed by atoms with Gasteiger partial charge in [-0.2, -0.15) is 0 Å². The van der Waals surface area contributed by atoms with E-state index in [1.165, 1.54) is 0 Å². The van der Waals surface area contributed by atoms with Crippen LogP contribution in [0, 0.1) is 0 Å². The normalized spacial score (nSPS) is 18.7. The molecule has 20 heavy (non-hydrogen) atoms. The van der Waals surface area contributed by atoms with E-state index in [1.807, 2.05) is 0 Å². The molecule has 0 bridgehead atoms. The number of fused-ring (bicyclic) bond motifs is 1. The Hall–Kier alpha value is -2.04. The lowest BCUT2D eigenvalue weighted by Gasteiger charge is -2.24. The van der Waals surface area contributed by atoms with Crippen LogP contribution in [0.2, 0.25) is 0 Å². The molecule has 0 aromatic heterocycles. The molecule has 5 nitrogen and oxygen atoms in total. The van der Waals surface area contributed by atoms with E-state index in [9.17, 15) is 9.59 Å². The Morgan fingerprint density at radius 3 is 2.70 bits per heavy atom. The summed E-state index contributed by atoms with van der Waals surface area (Å²) in [6.07, 6.45) is 2.54. The van der Waals surface area contributed by atoms with Gasteiger partial charge in [-0.25, -0.2) is 0 Å². The third kappa shape index (κ3) is 2.61. The molecule has 1 N–H and O–H groups in total. The second kappa shape index (κ2) is 5.53. The summed E-state index contributed by atoms with van der Waals surface area (Å²) in [5, 5.41) is 2.98. The van der Waals surface area contributed by atoms with Crippen molar-refractivity contribution in [2.45, 2.75) is 31.7 Å². The zero-order valence-electron chi connectivity index (χ0n) is 11.2. The van der Waals surface area contributed by atoms with Gasteiger partial charge in [0.2, 0.25) is 0 Å². The van der Waals surface area contributed by atoms with Crippen LogP contribution in [0.1, 0.15) is 36.0 Å². The van der Waals surface area contributed by atoms with Crippen LogP contribution in [0.5, 0.6) is 11.5 Å². The van der Waals surface area contributed by atoms with Gasteiger partial charge in [0.05, 0.1) is 5.56 Å². The lowest BCUT2D eigenvalue weighted by Crippen LogP contribution is -2.38. The van der Waals surface area contributed by atoms with Gasteiger partial charge in [0.25, 0.3) is 5.91 Å². The minimum atomic E-state index is -0.160. The van der Waals surface area contributed by atoms with Gasteiger partial charge >= 0.3 is 0 Å². The largest absolute Gasteiger partial charge is 0.486 e. The number of para-hydroxylation sites is 1. The minimum absolute atomic E-state index is 0.0700. The SMILES string of the molecule is O=C1CCC(NC(=O)c2cccc3c2OCCO3)CC1. The smallest absolute Gasteiger partial charge is 0.255 e. The molecule has 0 unspecified atom stereocenters. The molecule has 1 heterocycles. The Bertz CT molecular complexity index is 531. The Balaban J connectivity index is 1.72. The van der Waals surface area contributed by atoms with Gasteiger partial charge < -0.3 is 14.8 Å². The first-order valence-corrected chi connectivity index (χ1v) is 6.95. The number of Topliss-reactive ketones (excluding diaryl/α,β-unsaturated/α-hetero) is 1. The first kappa shape index (κ1) is 13.0. The van der Waals surface area contributed by atoms with Gasteiger partial charge in [-0.1, -0.05) is 6.07 Å². The topological polar surface area (TPSA) is 64.6 Å². The summed E-state index contributed by atoms with van der Waals surface area (Å²) < 4.78 is 11.0. The Morgan fingerprint density at radius 1 is 1.15 bits per heavy atom. The van der Waals surface area contributed by atoms with Crippen LogP contribution >= 0.6 is 0 Å². The van der Waals surface area contributed by atoms with E-state index < -0.39 is 0 Å². The van der Waals surface area contributed by atoms with Gasteiger partial charge in [0, 0.05) is 18.9 Å². The van der Waals surface area contributed by atoms with Gasteiger partial charge in [-0.15, -0.1) is 0 Å². The van der Waals surface area contributed by atoms with Crippen molar-refractivity contribution in [3.8, 4) is 11.5 Å². The lowest BCUT2D eigenvalue weighted by molar-refractivity contribution is -0.120. The van der Waals surface area contributed by atoms with Crippen LogP contribution in [-0.4, -0.2) is 30.9 Å². The molecular weight excluding hydrogens is 258 g/mol. The Morgan fingerprint density at radius 2 is 1.90 bits per heavy atom. The molecule has 1 fully saturated rings. The van der Waals surface area contributed by atoms with Crippen molar-refractivity contribution in [2.75, 3.05) is 13.2 Å². The summed E-state index contributed by atoms with van der Waals surface area (Å²) in [6, 6.07) is 5.38. The fourth-order valence-corrected chi connectivity index (χ4v) is 2.60. The van der Waals surface area contributed by atoms with E-state index in [1.54, 1.807) is 18.2 Å². The highest BCUT2D eigenvalue weighted by atomic mass is 16.6. The fourth-order valence-electron chi connectivity index (χ4n) is 2.60. The zero-order valence-corrected chi connectivity index (χ0v) is 11.2. The van der Waals surface area contributed by atoms with Crippen molar-refractivity contribution in [3.05, 3.63) is 23.8 Å². The molecule has 0 atom stereocenters. The van der Waals surface area contributed by atoms with Crippen molar-refractivity contribution in [1.29, 1.82) is 0 Å². The van der Waals surface area contributed by atoms with Crippen LogP contribution in [-0.2, 0) is 4.79 Å². The molecular formula is C15H17NO4. The maximum Gasteiger partial charge on any atom is 0.255 e. The van der Waals surface area contributed by atoms with E-state index in [4.69, 9.17) is 9.47 Å². The van der Waals surface area contributed by atoms with Crippen molar-refractivity contribution >= 4 is 11.7 Å². The van der Waals surface area contributed by atoms with Crippen molar-refractivity contribution < 1.29 is 19.1 Å². The van der Waals surface area contributed by atoms with Crippen LogP contribution in [0.4, 0.5) is 0 Å². The van der Waals surface area contributed by atoms with E-state index in [-0.39, 0.29) is 17.7 Å². The Labute approximate surface area is 117 Å². The Kier molecular flexibility index (Phi) is 3.58. The summed E-state index contributed by atoms with van der Waals surface area (Å²) >= 11 is 0. The molecule has 1 aromatic carbocycles. The van der Waals surface area contributed by atoms with E-state index >= 15 is 0 Å². The first-order valence-electron chi connectivity index (χ1n) is 6.95. The maximum atomic E-state index is 12.3. The third-order valence-corrected chi connectivity index (χ3v) is 3.69. The second-order valence-corrected chi connectivity index (χ2v) is 5.12. The quantitative estimate of drug-likeness (QED) is 0.892. The number of ketones is 1. The van der Waals surface area contributed by atoms with Crippen molar-refractivity contribution in [2.24, 2.45) is 0 Å². The number of carbonyl (C=O) groups excluding carboxylic acids is 2. The standard InChI is InChI=1S/C15H17NO4/c17-11-6-4-10(5-7-11)16-15(18)12-2-1-3-13-14(12)20-9-8-19-13/h1-3,10H,4-9H2,(H,16,18). The highest BCUT2D eigenvalue weighted by Crippen LogP contribution is 2.33. The fraction of sp³-hybridized carbons (Fsp3) is 0.467. The third-order valence-electron chi connectivity index (χ3n) is 3.69. The number of benzene rings is 1. The molecule has 1 aliphatic heterocycles. The highest BCUT2D eigenvalue weighted by molar-refractivity contribution is 5.98. The van der Waals surface area contributed by atoms with Crippen LogP contribution in [0.25, 0.3) is 0 Å². The summed E-state index contributed by atoms with van der Waals surface area (Å²) in [6.45, 7) is 0.956. The number of hydrogen-bond acceptors (Lipinski definition) is 4. The average molecular weight is 275 g/mol. The van der Waals surface area contributed by atoms with Crippen LogP contribution in [0.3, 0.4) is 0 Å². The molecule has 0 radical (unpaired) electrons. The minimum Gasteiger partial charge on any atom is -0.486 e. The van der Waals surface area contributed by atoms with E-state index in [0.717, 1.165) is 12.8 Å². The number of hydrogen-bond donors (Lipinski definition) is 1. The highest BCUT2D eigenvalue weighted by Gasteiger charge is 2.24. The molecule has 0 saturated heterocycles. The molecule has 5 heteroatoms. The van der Waals surface area contributed by atoms with Crippen molar-refractivity contribution in [3.63, 3.8) is 0 Å². The van der Waals surface area contributed by atoms with E-state index in [0.29, 0.717) is 43.1 Å². The van der Waals surface area contributed by atoms with Gasteiger partial charge in [0.1, 0.15) is 19.0 Å². The first-order chi connectivity index (χ1) is 9.74. The van der Waals surface area contributed by atoms with Crippen LogP contribution < -0.4 is 14.8 Å². The van der Waals surface area contributed by atoms with E-state index in [2.05, 4.69) is 5.32 Å². The molecule has 1 aromatic rings. The molecule has 2 aliphatic rings. The summed E-state index contributed by atoms with van der Waals surface area (Å²) in [4.78, 5) is 23.5. The van der Waals surface area contributed by atoms with Crippen LogP contribution in [0.15, 0.2) is 18.2 Å². The summed E-state index contributed by atoms with van der Waals surface area (Å²) in [7, 11) is 0. The zero-order chi connectivity index (χ0) is 13.9.